The third-order valence-electron chi connectivity index (χ3n) is 4.57. The third-order valence-corrected chi connectivity index (χ3v) is 4.57. The fourth-order valence-electron chi connectivity index (χ4n) is 2.62. The zero-order valence-corrected chi connectivity index (χ0v) is 18.2. The Kier molecular flexibility index (Phi) is 13.0. The lowest BCUT2D eigenvalue weighted by Gasteiger charge is -2.25. The van der Waals surface area contributed by atoms with Gasteiger partial charge in [0.05, 0.1) is 13.0 Å². The van der Waals surface area contributed by atoms with Gasteiger partial charge in [-0.15, -0.1) is 0 Å². The summed E-state index contributed by atoms with van der Waals surface area (Å²) in [5.41, 5.74) is 15.7. The van der Waals surface area contributed by atoms with Gasteiger partial charge in [0.25, 0.3) is 0 Å². The summed E-state index contributed by atoms with van der Waals surface area (Å²) in [5, 5.41) is 25.3. The molecule has 0 aliphatic heterocycles. The van der Waals surface area contributed by atoms with Crippen LogP contribution in [0.4, 0.5) is 0 Å². The van der Waals surface area contributed by atoms with E-state index in [0.717, 1.165) is 0 Å². The van der Waals surface area contributed by atoms with Gasteiger partial charge >= 0.3 is 11.9 Å². The van der Waals surface area contributed by atoms with Crippen LogP contribution in [0.25, 0.3) is 0 Å². The van der Waals surface area contributed by atoms with Crippen LogP contribution in [0, 0.1) is 5.92 Å². The van der Waals surface area contributed by atoms with Gasteiger partial charge in [-0.25, -0.2) is 4.79 Å². The summed E-state index contributed by atoms with van der Waals surface area (Å²) in [5.74, 6) is -5.64. The van der Waals surface area contributed by atoms with Gasteiger partial charge in [0.2, 0.25) is 17.7 Å². The zero-order valence-electron chi connectivity index (χ0n) is 18.2. The monoisotopic (exact) mass is 459 g/mol. The van der Waals surface area contributed by atoms with Crippen molar-refractivity contribution in [1.82, 2.24) is 16.0 Å². The molecule has 0 spiro atoms. The standard InChI is InChI=1S/C18H33N7O7/c1-3-9(2)14(17(31)32)25-15(29)10(5-4-6-22-18(20)21)24-16(30)11(7-13(27)28)23-12(26)8-19/h9-11,14H,3-8,19H2,1-2H3,(H,23,26)(H,24,30)(H,25,29)(H,27,28)(H,31,32)(H4,20,21,22). The lowest BCUT2D eigenvalue weighted by molar-refractivity contribution is -0.144. The minimum atomic E-state index is -1.48. The minimum absolute atomic E-state index is 0.0197. The molecule has 0 aliphatic rings. The predicted molar refractivity (Wildman–Crippen MR) is 114 cm³/mol. The molecule has 0 radical (unpaired) electrons. The van der Waals surface area contributed by atoms with E-state index >= 15 is 0 Å². The number of carboxylic acid groups (broad SMARTS) is 2. The second-order valence-corrected chi connectivity index (χ2v) is 7.14. The summed E-state index contributed by atoms with van der Waals surface area (Å²) in [6.45, 7) is 3.08. The van der Waals surface area contributed by atoms with Gasteiger partial charge in [0, 0.05) is 6.54 Å². The first kappa shape index (κ1) is 28.6. The van der Waals surface area contributed by atoms with Crippen molar-refractivity contribution in [3.8, 4) is 0 Å². The number of aliphatic carboxylic acids is 2. The van der Waals surface area contributed by atoms with Gasteiger partial charge in [-0.05, 0) is 18.8 Å². The number of guanidine groups is 1. The van der Waals surface area contributed by atoms with Crippen molar-refractivity contribution in [2.24, 2.45) is 28.1 Å². The molecule has 14 nitrogen and oxygen atoms in total. The molecule has 0 aromatic carbocycles. The molecule has 0 aromatic rings. The Bertz CT molecular complexity index is 710. The summed E-state index contributed by atoms with van der Waals surface area (Å²) in [6, 6.07) is -3.91. The average Bonchev–Trinajstić information content (AvgIpc) is 2.71. The molecule has 3 amide bonds. The molecule has 4 unspecified atom stereocenters. The van der Waals surface area contributed by atoms with Gasteiger partial charge in [-0.1, -0.05) is 20.3 Å². The second-order valence-electron chi connectivity index (χ2n) is 7.14. The molecule has 0 bridgehead atoms. The molecule has 0 heterocycles. The number of nitrogens with one attached hydrogen (secondary N) is 3. The van der Waals surface area contributed by atoms with Crippen LogP contribution in [-0.4, -0.2) is 77.0 Å². The molecule has 0 aromatic heterocycles. The normalized spacial score (nSPS) is 14.2. The molecule has 4 atom stereocenters. The Morgan fingerprint density at radius 3 is 2.03 bits per heavy atom. The number of carbonyl (C=O) groups excluding carboxylic acids is 3. The van der Waals surface area contributed by atoms with E-state index in [1.54, 1.807) is 13.8 Å². The largest absolute Gasteiger partial charge is 0.481 e. The topological polar surface area (TPSA) is 252 Å². The highest BCUT2D eigenvalue weighted by atomic mass is 16.4. The second kappa shape index (κ2) is 14.6. The van der Waals surface area contributed by atoms with Crippen LogP contribution in [0.15, 0.2) is 4.99 Å². The zero-order chi connectivity index (χ0) is 24.8. The Balaban J connectivity index is 5.55. The van der Waals surface area contributed by atoms with Crippen LogP contribution in [0.2, 0.25) is 0 Å². The maximum Gasteiger partial charge on any atom is 0.326 e. The predicted octanol–water partition coefficient (Wildman–Crippen LogP) is -2.94. The van der Waals surface area contributed by atoms with Crippen molar-refractivity contribution in [3.63, 3.8) is 0 Å². The van der Waals surface area contributed by atoms with Gasteiger partial charge in [-0.2, -0.15) is 0 Å². The number of nitrogens with zero attached hydrogens (tertiary/aromatic N) is 1. The van der Waals surface area contributed by atoms with E-state index in [-0.39, 0.29) is 25.3 Å². The number of aliphatic imine (C=N–C) groups is 1. The van der Waals surface area contributed by atoms with Gasteiger partial charge < -0.3 is 43.4 Å². The average molecular weight is 460 g/mol. The number of hydrogen-bond donors (Lipinski definition) is 8. The van der Waals surface area contributed by atoms with Gasteiger partial charge in [0.1, 0.15) is 18.1 Å². The van der Waals surface area contributed by atoms with Gasteiger partial charge in [0.15, 0.2) is 5.96 Å². The molecular weight excluding hydrogens is 426 g/mol. The van der Waals surface area contributed by atoms with E-state index in [9.17, 15) is 29.1 Å². The summed E-state index contributed by atoms with van der Waals surface area (Å²) in [6.07, 6.45) is -0.00296. The number of hydrogen-bond acceptors (Lipinski definition) is 7. The highest BCUT2D eigenvalue weighted by Gasteiger charge is 2.31. The van der Waals surface area contributed by atoms with Crippen LogP contribution >= 0.6 is 0 Å². The van der Waals surface area contributed by atoms with E-state index < -0.39 is 66.7 Å². The Morgan fingerprint density at radius 2 is 1.56 bits per heavy atom. The lowest BCUT2D eigenvalue weighted by atomic mass is 9.98. The molecule has 11 N–H and O–H groups in total. The number of carbonyl (C=O) groups is 5. The Labute approximate surface area is 185 Å². The number of nitrogens with two attached hydrogens (primary N) is 3. The molecule has 0 rings (SSSR count). The summed E-state index contributed by atoms with van der Waals surface area (Å²) in [4.78, 5) is 63.3. The summed E-state index contributed by atoms with van der Waals surface area (Å²) < 4.78 is 0. The number of carboxylic acids is 2. The maximum absolute atomic E-state index is 12.8. The van der Waals surface area contributed by atoms with E-state index in [0.29, 0.717) is 6.42 Å². The fourth-order valence-corrected chi connectivity index (χ4v) is 2.62. The first-order valence-corrected chi connectivity index (χ1v) is 10.0. The van der Waals surface area contributed by atoms with Crippen LogP contribution < -0.4 is 33.2 Å². The summed E-state index contributed by atoms with van der Waals surface area (Å²) >= 11 is 0. The highest BCUT2D eigenvalue weighted by Crippen LogP contribution is 2.09. The Hall–Kier alpha value is -3.42. The first-order chi connectivity index (χ1) is 14.9. The van der Waals surface area contributed by atoms with Crippen molar-refractivity contribution in [2.45, 2.75) is 57.7 Å². The van der Waals surface area contributed by atoms with E-state index in [4.69, 9.17) is 22.3 Å². The van der Waals surface area contributed by atoms with Crippen LogP contribution in [0.1, 0.15) is 39.5 Å². The van der Waals surface area contributed by atoms with Crippen LogP contribution in [-0.2, 0) is 24.0 Å². The molecule has 32 heavy (non-hydrogen) atoms. The SMILES string of the molecule is CCC(C)C(NC(=O)C(CCCN=C(N)N)NC(=O)C(CC(=O)O)NC(=O)CN)C(=O)O. The smallest absolute Gasteiger partial charge is 0.326 e. The first-order valence-electron chi connectivity index (χ1n) is 10.0. The van der Waals surface area contributed by atoms with E-state index in [2.05, 4.69) is 20.9 Å². The van der Waals surface area contributed by atoms with Crippen LogP contribution in [0.5, 0.6) is 0 Å². The maximum atomic E-state index is 12.8. The Morgan fingerprint density at radius 1 is 0.969 bits per heavy atom. The molecule has 0 saturated carbocycles. The molecule has 182 valence electrons. The van der Waals surface area contributed by atoms with Crippen molar-refractivity contribution >= 4 is 35.6 Å². The van der Waals surface area contributed by atoms with Gasteiger partial charge in [-0.3, -0.25) is 24.2 Å². The van der Waals surface area contributed by atoms with Crippen molar-refractivity contribution in [1.29, 1.82) is 0 Å². The lowest BCUT2D eigenvalue weighted by Crippen LogP contribution is -2.57. The van der Waals surface area contributed by atoms with Crippen molar-refractivity contribution < 1.29 is 34.2 Å². The van der Waals surface area contributed by atoms with Crippen LogP contribution in [0.3, 0.4) is 0 Å². The van der Waals surface area contributed by atoms with E-state index in [1.165, 1.54) is 0 Å². The minimum Gasteiger partial charge on any atom is -0.481 e. The number of rotatable bonds is 15. The molecule has 14 heteroatoms. The third kappa shape index (κ3) is 11.1. The quantitative estimate of drug-likeness (QED) is 0.0702. The molecule has 0 fully saturated rings. The fraction of sp³-hybridized carbons (Fsp3) is 0.667. The summed E-state index contributed by atoms with van der Waals surface area (Å²) in [7, 11) is 0. The van der Waals surface area contributed by atoms with Crippen molar-refractivity contribution in [2.75, 3.05) is 13.1 Å². The number of amides is 3. The molecule has 0 saturated heterocycles. The van der Waals surface area contributed by atoms with Crippen molar-refractivity contribution in [3.05, 3.63) is 0 Å². The molecule has 0 aliphatic carbocycles. The highest BCUT2D eigenvalue weighted by molar-refractivity contribution is 5.95. The van der Waals surface area contributed by atoms with E-state index in [1.807, 2.05) is 0 Å². The molecular formula is C18H33N7O7.